The molecule has 1 aliphatic heterocycles. The molecule has 0 aliphatic carbocycles. The van der Waals surface area contributed by atoms with E-state index in [9.17, 15) is 4.39 Å². The van der Waals surface area contributed by atoms with Crippen LogP contribution in [-0.4, -0.2) is 32.3 Å². The summed E-state index contributed by atoms with van der Waals surface area (Å²) >= 11 is 0. The number of nitrogens with zero attached hydrogens (tertiary/aromatic N) is 4. The summed E-state index contributed by atoms with van der Waals surface area (Å²) in [5.41, 5.74) is 7.25. The summed E-state index contributed by atoms with van der Waals surface area (Å²) in [6.07, 6.45) is 2.59. The molecule has 1 aromatic heterocycles. The Bertz CT molecular complexity index is 612. The molecule has 2 heterocycles. The first-order valence-corrected chi connectivity index (χ1v) is 7.31. The average molecular weight is 289 g/mol. The lowest BCUT2D eigenvalue weighted by Gasteiger charge is -2.37. The van der Waals surface area contributed by atoms with Gasteiger partial charge in [0.15, 0.2) is 0 Å². The number of aromatic nitrogens is 3. The van der Waals surface area contributed by atoms with E-state index in [0.29, 0.717) is 6.54 Å². The van der Waals surface area contributed by atoms with E-state index in [1.54, 1.807) is 18.5 Å². The summed E-state index contributed by atoms with van der Waals surface area (Å²) in [6.45, 7) is 4.45. The SMILES string of the molecule is CCC(N)C(c1cccc(F)c1)N1CCn2cnnc2C1. The molecule has 2 atom stereocenters. The van der Waals surface area contributed by atoms with Gasteiger partial charge in [-0.3, -0.25) is 4.90 Å². The lowest BCUT2D eigenvalue weighted by atomic mass is 9.95. The zero-order valence-electron chi connectivity index (χ0n) is 12.1. The second-order valence-electron chi connectivity index (χ2n) is 5.48. The van der Waals surface area contributed by atoms with Crippen molar-refractivity contribution >= 4 is 0 Å². The molecule has 112 valence electrons. The van der Waals surface area contributed by atoms with Crippen LogP contribution < -0.4 is 5.73 Å². The Hall–Kier alpha value is -1.79. The van der Waals surface area contributed by atoms with Gasteiger partial charge in [0, 0.05) is 19.1 Å². The largest absolute Gasteiger partial charge is 0.326 e. The molecule has 5 nitrogen and oxygen atoms in total. The Morgan fingerprint density at radius 2 is 2.24 bits per heavy atom. The van der Waals surface area contributed by atoms with Crippen molar-refractivity contribution in [2.24, 2.45) is 5.73 Å². The third-order valence-electron chi connectivity index (χ3n) is 4.13. The van der Waals surface area contributed by atoms with Gasteiger partial charge >= 0.3 is 0 Å². The quantitative estimate of drug-likeness (QED) is 0.931. The van der Waals surface area contributed by atoms with Gasteiger partial charge in [0.1, 0.15) is 18.0 Å². The van der Waals surface area contributed by atoms with Crippen molar-refractivity contribution < 1.29 is 4.39 Å². The van der Waals surface area contributed by atoms with Crippen LogP contribution in [0.5, 0.6) is 0 Å². The van der Waals surface area contributed by atoms with Crippen molar-refractivity contribution in [1.82, 2.24) is 19.7 Å². The third-order valence-corrected chi connectivity index (χ3v) is 4.13. The number of hydrogen-bond donors (Lipinski definition) is 1. The fourth-order valence-corrected chi connectivity index (χ4v) is 2.97. The summed E-state index contributed by atoms with van der Waals surface area (Å²) in [7, 11) is 0. The van der Waals surface area contributed by atoms with E-state index in [4.69, 9.17) is 5.73 Å². The van der Waals surface area contributed by atoms with Crippen LogP contribution in [0.2, 0.25) is 0 Å². The molecular weight excluding hydrogens is 269 g/mol. The second kappa shape index (κ2) is 5.91. The van der Waals surface area contributed by atoms with E-state index in [1.807, 2.05) is 6.07 Å². The molecule has 6 heteroatoms. The monoisotopic (exact) mass is 289 g/mol. The van der Waals surface area contributed by atoms with Crippen LogP contribution >= 0.6 is 0 Å². The first kappa shape index (κ1) is 14.2. The molecule has 0 amide bonds. The molecule has 2 aromatic rings. The number of rotatable bonds is 4. The Kier molecular flexibility index (Phi) is 3.98. The summed E-state index contributed by atoms with van der Waals surface area (Å²) in [5.74, 6) is 0.715. The number of nitrogens with two attached hydrogens (primary N) is 1. The molecular formula is C15H20FN5. The maximum Gasteiger partial charge on any atom is 0.147 e. The summed E-state index contributed by atoms with van der Waals surface area (Å²) in [5, 5.41) is 8.09. The molecule has 0 bridgehead atoms. The van der Waals surface area contributed by atoms with Crippen molar-refractivity contribution in [3.63, 3.8) is 0 Å². The molecule has 2 unspecified atom stereocenters. The Balaban J connectivity index is 1.90. The first-order valence-electron chi connectivity index (χ1n) is 7.31. The minimum Gasteiger partial charge on any atom is -0.326 e. The lowest BCUT2D eigenvalue weighted by Crippen LogP contribution is -2.44. The molecule has 2 N–H and O–H groups in total. The topological polar surface area (TPSA) is 60.0 Å². The molecule has 0 radical (unpaired) electrons. The van der Waals surface area contributed by atoms with Crippen molar-refractivity contribution in [2.45, 2.75) is 38.5 Å². The van der Waals surface area contributed by atoms with Gasteiger partial charge in [-0.05, 0) is 24.1 Å². The minimum atomic E-state index is -0.221. The third kappa shape index (κ3) is 2.82. The molecule has 0 saturated carbocycles. The molecule has 0 saturated heterocycles. The standard InChI is InChI=1S/C15H20FN5/c1-2-13(17)15(11-4-3-5-12(16)8-11)20-6-7-21-10-18-19-14(21)9-20/h3-5,8,10,13,15H,2,6-7,9,17H2,1H3. The number of hydrogen-bond acceptors (Lipinski definition) is 4. The van der Waals surface area contributed by atoms with Crippen LogP contribution in [0.25, 0.3) is 0 Å². The number of benzene rings is 1. The maximum atomic E-state index is 13.6. The zero-order valence-corrected chi connectivity index (χ0v) is 12.1. The Morgan fingerprint density at radius 1 is 1.38 bits per heavy atom. The van der Waals surface area contributed by atoms with Crippen molar-refractivity contribution in [3.8, 4) is 0 Å². The summed E-state index contributed by atoms with van der Waals surface area (Å²) in [4.78, 5) is 2.27. The molecule has 0 fully saturated rings. The molecule has 0 spiro atoms. The molecule has 3 rings (SSSR count). The summed E-state index contributed by atoms with van der Waals surface area (Å²) in [6, 6.07) is 6.69. The van der Waals surface area contributed by atoms with E-state index in [2.05, 4.69) is 26.6 Å². The van der Waals surface area contributed by atoms with Crippen LogP contribution in [0.3, 0.4) is 0 Å². The Labute approximate surface area is 123 Å². The fraction of sp³-hybridized carbons (Fsp3) is 0.467. The maximum absolute atomic E-state index is 13.6. The summed E-state index contributed by atoms with van der Waals surface area (Å²) < 4.78 is 15.6. The van der Waals surface area contributed by atoms with E-state index in [1.165, 1.54) is 6.07 Å². The van der Waals surface area contributed by atoms with E-state index < -0.39 is 0 Å². The molecule has 1 aromatic carbocycles. The van der Waals surface area contributed by atoms with Crippen LogP contribution in [0, 0.1) is 5.82 Å². The van der Waals surface area contributed by atoms with Gasteiger partial charge in [0.05, 0.1) is 12.6 Å². The van der Waals surface area contributed by atoms with Gasteiger partial charge in [0.25, 0.3) is 0 Å². The first-order chi connectivity index (χ1) is 10.2. The van der Waals surface area contributed by atoms with Crippen molar-refractivity contribution in [1.29, 1.82) is 0 Å². The van der Waals surface area contributed by atoms with E-state index in [-0.39, 0.29) is 17.9 Å². The van der Waals surface area contributed by atoms with Crippen LogP contribution in [0.15, 0.2) is 30.6 Å². The predicted molar refractivity (Wildman–Crippen MR) is 77.8 cm³/mol. The second-order valence-corrected chi connectivity index (χ2v) is 5.48. The van der Waals surface area contributed by atoms with Gasteiger partial charge in [-0.2, -0.15) is 0 Å². The highest BCUT2D eigenvalue weighted by Crippen LogP contribution is 2.28. The van der Waals surface area contributed by atoms with Gasteiger partial charge < -0.3 is 10.3 Å². The van der Waals surface area contributed by atoms with Crippen LogP contribution in [0.1, 0.15) is 30.8 Å². The Morgan fingerprint density at radius 3 is 3.00 bits per heavy atom. The normalized spacial score (nSPS) is 18.2. The van der Waals surface area contributed by atoms with Crippen molar-refractivity contribution in [2.75, 3.05) is 6.54 Å². The highest BCUT2D eigenvalue weighted by Gasteiger charge is 2.29. The molecule has 21 heavy (non-hydrogen) atoms. The van der Waals surface area contributed by atoms with Gasteiger partial charge in [-0.1, -0.05) is 19.1 Å². The van der Waals surface area contributed by atoms with Gasteiger partial charge in [-0.15, -0.1) is 10.2 Å². The van der Waals surface area contributed by atoms with E-state index in [0.717, 1.165) is 30.9 Å². The van der Waals surface area contributed by atoms with E-state index >= 15 is 0 Å². The van der Waals surface area contributed by atoms with Gasteiger partial charge in [-0.25, -0.2) is 4.39 Å². The highest BCUT2D eigenvalue weighted by molar-refractivity contribution is 5.22. The number of halogens is 1. The predicted octanol–water partition coefficient (Wildman–Crippen LogP) is 1.71. The molecule has 1 aliphatic rings. The van der Waals surface area contributed by atoms with Crippen molar-refractivity contribution in [3.05, 3.63) is 47.8 Å². The average Bonchev–Trinajstić information content (AvgIpc) is 2.95. The fourth-order valence-electron chi connectivity index (χ4n) is 2.97. The van der Waals surface area contributed by atoms with Gasteiger partial charge in [0.2, 0.25) is 0 Å². The number of fused-ring (bicyclic) bond motifs is 1. The van der Waals surface area contributed by atoms with Crippen LogP contribution in [-0.2, 0) is 13.1 Å². The lowest BCUT2D eigenvalue weighted by molar-refractivity contribution is 0.130. The zero-order chi connectivity index (χ0) is 14.8. The minimum absolute atomic E-state index is 0.00356. The highest BCUT2D eigenvalue weighted by atomic mass is 19.1. The smallest absolute Gasteiger partial charge is 0.147 e. The van der Waals surface area contributed by atoms with Crippen LogP contribution in [0.4, 0.5) is 4.39 Å².